The second-order valence-electron chi connectivity index (χ2n) is 4.73. The van der Waals surface area contributed by atoms with Crippen molar-refractivity contribution in [2.75, 3.05) is 20.2 Å². The number of aliphatic imine (C=N–C) groups is 1. The van der Waals surface area contributed by atoms with E-state index in [1.165, 1.54) is 19.2 Å². The molecule has 0 aliphatic carbocycles. The van der Waals surface area contributed by atoms with E-state index < -0.39 is 25.4 Å². The van der Waals surface area contributed by atoms with Crippen LogP contribution in [0.3, 0.4) is 0 Å². The Morgan fingerprint density at radius 2 is 1.68 bits per heavy atom. The second kappa shape index (κ2) is 10.6. The summed E-state index contributed by atoms with van der Waals surface area (Å²) >= 11 is 0. The van der Waals surface area contributed by atoms with Crippen molar-refractivity contribution in [3.05, 3.63) is 29.8 Å². The lowest BCUT2D eigenvalue weighted by Crippen LogP contribution is -2.38. The van der Waals surface area contributed by atoms with Crippen molar-refractivity contribution in [1.29, 1.82) is 0 Å². The van der Waals surface area contributed by atoms with Gasteiger partial charge in [0, 0.05) is 25.7 Å². The van der Waals surface area contributed by atoms with Crippen LogP contribution < -0.4 is 15.4 Å². The van der Waals surface area contributed by atoms with Gasteiger partial charge < -0.3 is 15.4 Å². The zero-order valence-corrected chi connectivity index (χ0v) is 15.5. The van der Waals surface area contributed by atoms with E-state index in [1.54, 1.807) is 12.1 Å². The SMILES string of the molecule is CN=C(NCCC(F)(F)F)NCc1ccccc1OCC(F)(F)F.I. The molecule has 11 heteroatoms. The molecule has 1 aromatic rings. The quantitative estimate of drug-likeness (QED) is 0.279. The number of benzene rings is 1. The number of guanidine groups is 1. The van der Waals surface area contributed by atoms with Crippen molar-refractivity contribution in [3.8, 4) is 5.75 Å². The molecule has 2 N–H and O–H groups in total. The molecule has 0 saturated heterocycles. The molecule has 0 aromatic heterocycles. The normalized spacial score (nSPS) is 12.4. The Labute approximate surface area is 158 Å². The third-order valence-corrected chi connectivity index (χ3v) is 2.73. The zero-order chi connectivity index (χ0) is 18.2. The Morgan fingerprint density at radius 3 is 2.24 bits per heavy atom. The van der Waals surface area contributed by atoms with Gasteiger partial charge >= 0.3 is 12.4 Å². The standard InChI is InChI=1S/C14H17F6N3O.HI/c1-21-12(22-7-6-13(15,16)17)23-8-10-4-2-3-5-11(10)24-9-14(18,19)20;/h2-5H,6-9H2,1H3,(H2,21,22,23);1H. The van der Waals surface area contributed by atoms with E-state index in [2.05, 4.69) is 15.6 Å². The third kappa shape index (κ3) is 10.9. The molecule has 144 valence electrons. The van der Waals surface area contributed by atoms with E-state index in [-0.39, 0.29) is 48.8 Å². The predicted molar refractivity (Wildman–Crippen MR) is 92.3 cm³/mol. The average molecular weight is 485 g/mol. The monoisotopic (exact) mass is 485 g/mol. The minimum Gasteiger partial charge on any atom is -0.484 e. The minimum absolute atomic E-state index is 0. The van der Waals surface area contributed by atoms with Gasteiger partial charge in [-0.15, -0.1) is 24.0 Å². The van der Waals surface area contributed by atoms with Crippen LogP contribution in [0.1, 0.15) is 12.0 Å². The first-order valence-corrected chi connectivity index (χ1v) is 6.89. The van der Waals surface area contributed by atoms with Crippen LogP contribution in [0.25, 0.3) is 0 Å². The molecule has 0 spiro atoms. The molecule has 0 unspecified atom stereocenters. The lowest BCUT2D eigenvalue weighted by Gasteiger charge is -2.16. The Kier molecular flexibility index (Phi) is 9.97. The number of rotatable bonds is 6. The number of ether oxygens (including phenoxy) is 1. The van der Waals surface area contributed by atoms with Gasteiger partial charge in [0.1, 0.15) is 5.75 Å². The molecule has 1 aromatic carbocycles. The zero-order valence-electron chi connectivity index (χ0n) is 13.2. The highest BCUT2D eigenvalue weighted by Crippen LogP contribution is 2.22. The third-order valence-electron chi connectivity index (χ3n) is 2.73. The Balaban J connectivity index is 0.00000576. The van der Waals surface area contributed by atoms with Crippen molar-refractivity contribution in [1.82, 2.24) is 10.6 Å². The fourth-order valence-electron chi connectivity index (χ4n) is 1.67. The summed E-state index contributed by atoms with van der Waals surface area (Å²) < 4.78 is 77.6. The van der Waals surface area contributed by atoms with Gasteiger partial charge in [0.05, 0.1) is 6.42 Å². The van der Waals surface area contributed by atoms with Crippen molar-refractivity contribution in [3.63, 3.8) is 0 Å². The fraction of sp³-hybridized carbons (Fsp3) is 0.500. The van der Waals surface area contributed by atoms with Gasteiger partial charge in [-0.25, -0.2) is 0 Å². The summed E-state index contributed by atoms with van der Waals surface area (Å²) in [5.74, 6) is 0.137. The van der Waals surface area contributed by atoms with Crippen LogP contribution in [0.5, 0.6) is 5.75 Å². The van der Waals surface area contributed by atoms with Gasteiger partial charge in [0.25, 0.3) is 0 Å². The van der Waals surface area contributed by atoms with Gasteiger partial charge in [0.2, 0.25) is 0 Å². The first-order chi connectivity index (χ1) is 11.1. The summed E-state index contributed by atoms with van der Waals surface area (Å²) in [4.78, 5) is 3.74. The molecule has 0 amide bonds. The lowest BCUT2D eigenvalue weighted by molar-refractivity contribution is -0.153. The van der Waals surface area contributed by atoms with Crippen LogP contribution >= 0.6 is 24.0 Å². The topological polar surface area (TPSA) is 45.7 Å². The Morgan fingerprint density at radius 1 is 1.04 bits per heavy atom. The highest BCUT2D eigenvalue weighted by Gasteiger charge is 2.29. The molecule has 0 radical (unpaired) electrons. The molecule has 25 heavy (non-hydrogen) atoms. The maximum absolute atomic E-state index is 12.2. The molecule has 0 aliphatic heterocycles. The van der Waals surface area contributed by atoms with Crippen LogP contribution in [-0.2, 0) is 6.54 Å². The molecule has 0 heterocycles. The van der Waals surface area contributed by atoms with Crippen molar-refractivity contribution in [2.45, 2.75) is 25.3 Å². The highest BCUT2D eigenvalue weighted by atomic mass is 127. The molecular formula is C14H18F6IN3O. The molecule has 0 saturated carbocycles. The van der Waals surface area contributed by atoms with Gasteiger partial charge in [-0.2, -0.15) is 26.3 Å². The first-order valence-electron chi connectivity index (χ1n) is 6.89. The minimum atomic E-state index is -4.46. The maximum atomic E-state index is 12.2. The molecule has 1 rings (SSSR count). The number of halogens is 7. The summed E-state index contributed by atoms with van der Waals surface area (Å²) in [5, 5.41) is 5.19. The second-order valence-corrected chi connectivity index (χ2v) is 4.73. The maximum Gasteiger partial charge on any atom is 0.422 e. The van der Waals surface area contributed by atoms with Crippen molar-refractivity contribution >= 4 is 29.9 Å². The fourth-order valence-corrected chi connectivity index (χ4v) is 1.67. The van der Waals surface area contributed by atoms with E-state index in [1.807, 2.05) is 0 Å². The average Bonchev–Trinajstić information content (AvgIpc) is 2.47. The van der Waals surface area contributed by atoms with Crippen LogP contribution in [0.15, 0.2) is 29.3 Å². The summed E-state index contributed by atoms with van der Waals surface area (Å²) in [6.45, 7) is -1.75. The van der Waals surface area contributed by atoms with Gasteiger partial charge in [-0.3, -0.25) is 4.99 Å². The molecule has 0 fully saturated rings. The van der Waals surface area contributed by atoms with Crippen LogP contribution in [0.2, 0.25) is 0 Å². The van der Waals surface area contributed by atoms with Gasteiger partial charge in [-0.1, -0.05) is 18.2 Å². The van der Waals surface area contributed by atoms with Crippen LogP contribution in [0, 0.1) is 0 Å². The van der Waals surface area contributed by atoms with E-state index in [4.69, 9.17) is 4.74 Å². The van der Waals surface area contributed by atoms with Crippen LogP contribution in [-0.4, -0.2) is 38.5 Å². The Bertz CT molecular complexity index is 548. The molecule has 0 bridgehead atoms. The molecule has 0 aliphatic rings. The number of hydrogen-bond donors (Lipinski definition) is 2. The molecule has 0 atom stereocenters. The highest BCUT2D eigenvalue weighted by molar-refractivity contribution is 14.0. The summed E-state index contributed by atoms with van der Waals surface area (Å²) in [6.07, 6.45) is -9.78. The van der Waals surface area contributed by atoms with Crippen molar-refractivity contribution in [2.24, 2.45) is 4.99 Å². The van der Waals surface area contributed by atoms with E-state index in [0.717, 1.165) is 0 Å². The largest absolute Gasteiger partial charge is 0.484 e. The number of hydrogen-bond acceptors (Lipinski definition) is 2. The summed E-state index contributed by atoms with van der Waals surface area (Å²) in [5.41, 5.74) is 0.417. The number of alkyl halides is 6. The lowest BCUT2D eigenvalue weighted by atomic mass is 10.2. The molecule has 4 nitrogen and oxygen atoms in total. The van der Waals surface area contributed by atoms with Gasteiger partial charge in [-0.05, 0) is 6.07 Å². The Hall–Kier alpha value is -1.40. The van der Waals surface area contributed by atoms with E-state index >= 15 is 0 Å². The van der Waals surface area contributed by atoms with Gasteiger partial charge in [0.15, 0.2) is 12.6 Å². The number of nitrogens with one attached hydrogen (secondary N) is 2. The first kappa shape index (κ1) is 23.6. The van der Waals surface area contributed by atoms with E-state index in [9.17, 15) is 26.3 Å². The van der Waals surface area contributed by atoms with Crippen molar-refractivity contribution < 1.29 is 31.1 Å². The van der Waals surface area contributed by atoms with E-state index in [0.29, 0.717) is 5.56 Å². The predicted octanol–water partition coefficient (Wildman–Crippen LogP) is 3.86. The number of para-hydroxylation sites is 1. The van der Waals surface area contributed by atoms with Crippen LogP contribution in [0.4, 0.5) is 26.3 Å². The number of nitrogens with zero attached hydrogens (tertiary/aromatic N) is 1. The summed E-state index contributed by atoms with van der Waals surface area (Å²) in [6, 6.07) is 6.05. The molecular weight excluding hydrogens is 467 g/mol. The summed E-state index contributed by atoms with van der Waals surface area (Å²) in [7, 11) is 1.37. The smallest absolute Gasteiger partial charge is 0.422 e.